The summed E-state index contributed by atoms with van der Waals surface area (Å²) in [5.74, 6) is 5.97. The lowest BCUT2D eigenvalue weighted by atomic mass is 9.88. The molecule has 78 valence electrons. The van der Waals surface area contributed by atoms with Crippen LogP contribution in [0.1, 0.15) is 24.5 Å². The summed E-state index contributed by atoms with van der Waals surface area (Å²) >= 11 is 0. The van der Waals surface area contributed by atoms with Crippen LogP contribution in [0.25, 0.3) is 0 Å². The maximum Gasteiger partial charge on any atom is 0.0578 e. The summed E-state index contributed by atoms with van der Waals surface area (Å²) in [5.41, 5.74) is 3.03. The van der Waals surface area contributed by atoms with Crippen molar-refractivity contribution in [3.63, 3.8) is 0 Å². The van der Waals surface area contributed by atoms with Crippen LogP contribution in [0.4, 0.5) is 0 Å². The van der Waals surface area contributed by atoms with E-state index in [1.165, 1.54) is 24.0 Å². The summed E-state index contributed by atoms with van der Waals surface area (Å²) in [6, 6.07) is 9.37. The molecule has 1 N–H and O–H groups in total. The number of nitrogens with one attached hydrogen (secondary N) is 1. The van der Waals surface area contributed by atoms with Crippen LogP contribution in [0.3, 0.4) is 0 Å². The summed E-state index contributed by atoms with van der Waals surface area (Å²) in [4.78, 5) is 0. The molecule has 2 rings (SSSR count). The van der Waals surface area contributed by atoms with Gasteiger partial charge in [0.05, 0.1) is 6.54 Å². The first kappa shape index (κ1) is 10.3. The van der Waals surface area contributed by atoms with Crippen molar-refractivity contribution < 1.29 is 0 Å². The van der Waals surface area contributed by atoms with E-state index in [2.05, 4.69) is 41.4 Å². The lowest BCUT2D eigenvalue weighted by molar-refractivity contribution is 0.482. The molecule has 0 bridgehead atoms. The molecule has 0 heterocycles. The van der Waals surface area contributed by atoms with Gasteiger partial charge in [0.15, 0.2) is 0 Å². The van der Waals surface area contributed by atoms with Gasteiger partial charge in [-0.05, 0) is 37.3 Å². The Labute approximate surface area is 91.9 Å². The monoisotopic (exact) mass is 199 g/mol. The molecule has 0 radical (unpaired) electrons. The van der Waals surface area contributed by atoms with E-state index in [0.29, 0.717) is 6.04 Å². The van der Waals surface area contributed by atoms with Gasteiger partial charge in [-0.3, -0.25) is 0 Å². The van der Waals surface area contributed by atoms with E-state index in [-0.39, 0.29) is 0 Å². The fraction of sp³-hybridized carbons (Fsp3) is 0.429. The lowest BCUT2D eigenvalue weighted by Crippen LogP contribution is -2.34. The second-order valence-corrected chi connectivity index (χ2v) is 4.02. The van der Waals surface area contributed by atoms with Crippen molar-refractivity contribution in [1.82, 2.24) is 5.32 Å². The molecular weight excluding hydrogens is 182 g/mol. The fourth-order valence-electron chi connectivity index (χ4n) is 2.16. The van der Waals surface area contributed by atoms with Gasteiger partial charge in [0.2, 0.25) is 0 Å². The minimum absolute atomic E-state index is 0.612. The van der Waals surface area contributed by atoms with Crippen molar-refractivity contribution in [1.29, 1.82) is 0 Å². The third-order valence-corrected chi connectivity index (χ3v) is 3.00. The van der Waals surface area contributed by atoms with Gasteiger partial charge in [0.1, 0.15) is 0 Å². The van der Waals surface area contributed by atoms with Crippen molar-refractivity contribution in [2.24, 2.45) is 0 Å². The van der Waals surface area contributed by atoms with E-state index in [4.69, 9.17) is 0 Å². The number of benzene rings is 1. The van der Waals surface area contributed by atoms with Gasteiger partial charge in [-0.15, -0.1) is 5.92 Å². The van der Waals surface area contributed by atoms with Crippen LogP contribution in [0.2, 0.25) is 0 Å². The van der Waals surface area contributed by atoms with Gasteiger partial charge in [-0.1, -0.05) is 30.2 Å². The van der Waals surface area contributed by atoms with E-state index < -0.39 is 0 Å². The minimum Gasteiger partial charge on any atom is -0.303 e. The van der Waals surface area contributed by atoms with Crippen LogP contribution in [0.15, 0.2) is 24.3 Å². The molecule has 0 saturated heterocycles. The Morgan fingerprint density at radius 2 is 2.13 bits per heavy atom. The van der Waals surface area contributed by atoms with Gasteiger partial charge in [-0.2, -0.15) is 0 Å². The third-order valence-electron chi connectivity index (χ3n) is 3.00. The number of rotatable bonds is 2. The Morgan fingerprint density at radius 3 is 2.93 bits per heavy atom. The zero-order valence-corrected chi connectivity index (χ0v) is 9.22. The molecule has 1 unspecified atom stereocenters. The largest absolute Gasteiger partial charge is 0.303 e. The molecule has 1 aromatic carbocycles. The lowest BCUT2D eigenvalue weighted by Gasteiger charge is -2.24. The first-order valence-electron chi connectivity index (χ1n) is 5.60. The van der Waals surface area contributed by atoms with Crippen molar-refractivity contribution >= 4 is 0 Å². The molecule has 0 saturated carbocycles. The Bertz CT molecular complexity index is 384. The molecule has 0 amide bonds. The number of fused-ring (bicyclic) bond motifs is 1. The highest BCUT2D eigenvalue weighted by atomic mass is 14.9. The predicted molar refractivity (Wildman–Crippen MR) is 63.7 cm³/mol. The summed E-state index contributed by atoms with van der Waals surface area (Å²) in [6.07, 6.45) is 3.59. The van der Waals surface area contributed by atoms with E-state index in [1.54, 1.807) is 0 Å². The standard InChI is InChI=1S/C14H17N/c1-2-3-10-15-14-9-8-12-6-4-5-7-13(12)11-14/h4-7,14-15H,8-11H2,1H3. The molecule has 1 aliphatic carbocycles. The molecule has 0 spiro atoms. The van der Waals surface area contributed by atoms with Gasteiger partial charge in [-0.25, -0.2) is 0 Å². The summed E-state index contributed by atoms with van der Waals surface area (Å²) in [6.45, 7) is 2.71. The second-order valence-electron chi connectivity index (χ2n) is 4.02. The first-order chi connectivity index (χ1) is 7.40. The second kappa shape index (κ2) is 5.00. The molecular formula is C14H17N. The fourth-order valence-corrected chi connectivity index (χ4v) is 2.16. The molecule has 1 heteroatoms. The van der Waals surface area contributed by atoms with Crippen LogP contribution >= 0.6 is 0 Å². The van der Waals surface area contributed by atoms with E-state index >= 15 is 0 Å². The Morgan fingerprint density at radius 1 is 1.33 bits per heavy atom. The number of hydrogen-bond donors (Lipinski definition) is 1. The van der Waals surface area contributed by atoms with Crippen molar-refractivity contribution in [3.8, 4) is 11.8 Å². The van der Waals surface area contributed by atoms with Crippen LogP contribution in [0.5, 0.6) is 0 Å². The van der Waals surface area contributed by atoms with Crippen LogP contribution < -0.4 is 5.32 Å². The van der Waals surface area contributed by atoms with Gasteiger partial charge in [0.25, 0.3) is 0 Å². The van der Waals surface area contributed by atoms with E-state index in [0.717, 1.165) is 13.0 Å². The zero-order chi connectivity index (χ0) is 10.5. The average Bonchev–Trinajstić information content (AvgIpc) is 2.29. The van der Waals surface area contributed by atoms with Crippen LogP contribution in [-0.2, 0) is 12.8 Å². The molecule has 1 atom stereocenters. The highest BCUT2D eigenvalue weighted by Crippen LogP contribution is 2.20. The topological polar surface area (TPSA) is 12.0 Å². The first-order valence-corrected chi connectivity index (χ1v) is 5.60. The third kappa shape index (κ3) is 2.61. The Hall–Kier alpha value is -1.26. The van der Waals surface area contributed by atoms with Crippen LogP contribution in [-0.4, -0.2) is 12.6 Å². The van der Waals surface area contributed by atoms with E-state index in [9.17, 15) is 0 Å². The molecule has 0 aliphatic heterocycles. The minimum atomic E-state index is 0.612. The van der Waals surface area contributed by atoms with Crippen molar-refractivity contribution in [2.45, 2.75) is 32.2 Å². The summed E-state index contributed by atoms with van der Waals surface area (Å²) < 4.78 is 0. The van der Waals surface area contributed by atoms with Gasteiger partial charge in [0, 0.05) is 6.04 Å². The number of aryl methyl sites for hydroxylation is 1. The average molecular weight is 199 g/mol. The maximum absolute atomic E-state index is 3.49. The van der Waals surface area contributed by atoms with E-state index in [1.807, 2.05) is 6.92 Å². The quantitative estimate of drug-likeness (QED) is 0.720. The Balaban J connectivity index is 1.95. The number of hydrogen-bond acceptors (Lipinski definition) is 1. The van der Waals surface area contributed by atoms with Crippen LogP contribution in [0, 0.1) is 11.8 Å². The summed E-state index contributed by atoms with van der Waals surface area (Å²) in [7, 11) is 0. The highest BCUT2D eigenvalue weighted by molar-refractivity contribution is 5.30. The normalized spacial score (nSPS) is 18.9. The highest BCUT2D eigenvalue weighted by Gasteiger charge is 2.16. The van der Waals surface area contributed by atoms with Crippen molar-refractivity contribution in [3.05, 3.63) is 35.4 Å². The molecule has 1 nitrogen and oxygen atoms in total. The van der Waals surface area contributed by atoms with Gasteiger partial charge >= 0.3 is 0 Å². The molecule has 1 aliphatic rings. The smallest absolute Gasteiger partial charge is 0.0578 e. The van der Waals surface area contributed by atoms with Gasteiger partial charge < -0.3 is 5.32 Å². The summed E-state index contributed by atoms with van der Waals surface area (Å²) in [5, 5.41) is 3.49. The molecule has 1 aromatic rings. The molecule has 0 fully saturated rings. The Kier molecular flexibility index (Phi) is 3.42. The molecule has 15 heavy (non-hydrogen) atoms. The molecule has 0 aromatic heterocycles. The SMILES string of the molecule is CC#CCNC1CCc2ccccc2C1. The van der Waals surface area contributed by atoms with Crippen molar-refractivity contribution in [2.75, 3.05) is 6.54 Å². The zero-order valence-electron chi connectivity index (χ0n) is 9.22. The predicted octanol–water partition coefficient (Wildman–Crippen LogP) is 2.16. The maximum atomic E-state index is 3.49.